The number of hydrogen-bond donors (Lipinski definition) is 1. The zero-order chi connectivity index (χ0) is 12.0. The fraction of sp³-hybridized carbons (Fsp3) is 0.700. The van der Waals surface area contributed by atoms with Crippen LogP contribution in [0.1, 0.15) is 18.1 Å². The Morgan fingerprint density at radius 2 is 2.19 bits per heavy atom. The van der Waals surface area contributed by atoms with E-state index in [0.29, 0.717) is 31.1 Å². The normalized spacial score (nSPS) is 10.4. The van der Waals surface area contributed by atoms with Crippen molar-refractivity contribution < 1.29 is 9.32 Å². The number of amides is 1. The molecule has 0 bridgehead atoms. The van der Waals surface area contributed by atoms with E-state index >= 15 is 0 Å². The number of aromatic nitrogens is 2. The molecule has 90 valence electrons. The number of hydrogen-bond acceptors (Lipinski definition) is 5. The lowest BCUT2D eigenvalue weighted by atomic mass is 10.3. The van der Waals surface area contributed by atoms with Crippen LogP contribution in [0.5, 0.6) is 0 Å². The Balaban J connectivity index is 2.06. The predicted molar refractivity (Wildman–Crippen MR) is 58.9 cm³/mol. The van der Waals surface area contributed by atoms with Crippen LogP contribution in [0, 0.1) is 6.92 Å². The molecule has 1 rings (SSSR count). The number of nitrogens with zero attached hydrogens (tertiary/aromatic N) is 3. The number of nitrogens with one attached hydrogen (secondary N) is 1. The van der Waals surface area contributed by atoms with Gasteiger partial charge in [0.15, 0.2) is 5.82 Å². The van der Waals surface area contributed by atoms with Crippen LogP contribution >= 0.6 is 0 Å². The number of rotatable bonds is 6. The van der Waals surface area contributed by atoms with E-state index in [1.165, 1.54) is 0 Å². The third-order valence-corrected chi connectivity index (χ3v) is 2.10. The maximum Gasteiger partial charge on any atom is 0.227 e. The molecule has 1 amide bonds. The van der Waals surface area contributed by atoms with Crippen molar-refractivity contribution in [2.75, 3.05) is 27.2 Å². The number of carbonyl (C=O) groups is 1. The monoisotopic (exact) mass is 226 g/mol. The van der Waals surface area contributed by atoms with Crippen LogP contribution < -0.4 is 5.32 Å². The van der Waals surface area contributed by atoms with Crippen LogP contribution in [0.2, 0.25) is 0 Å². The zero-order valence-corrected chi connectivity index (χ0v) is 9.99. The van der Waals surface area contributed by atoms with Gasteiger partial charge in [-0.3, -0.25) is 4.79 Å². The minimum absolute atomic E-state index is 0.126. The molecule has 1 heterocycles. The highest BCUT2D eigenvalue weighted by Gasteiger charge is 2.04. The van der Waals surface area contributed by atoms with Crippen LogP contribution in [0.4, 0.5) is 0 Å². The lowest BCUT2D eigenvalue weighted by Gasteiger charge is -2.09. The van der Waals surface area contributed by atoms with Gasteiger partial charge in [-0.2, -0.15) is 4.98 Å². The van der Waals surface area contributed by atoms with E-state index in [4.69, 9.17) is 4.52 Å². The second-order valence-electron chi connectivity index (χ2n) is 3.77. The summed E-state index contributed by atoms with van der Waals surface area (Å²) in [5.41, 5.74) is 0. The van der Waals surface area contributed by atoms with Gasteiger partial charge in [0.05, 0.1) is 0 Å². The molecule has 0 aliphatic rings. The van der Waals surface area contributed by atoms with Crippen LogP contribution in [0.15, 0.2) is 4.52 Å². The van der Waals surface area contributed by atoms with Gasteiger partial charge < -0.3 is 14.7 Å². The van der Waals surface area contributed by atoms with Crippen molar-refractivity contribution in [3.05, 3.63) is 11.7 Å². The van der Waals surface area contributed by atoms with E-state index < -0.39 is 0 Å². The molecule has 0 atom stereocenters. The smallest absolute Gasteiger partial charge is 0.227 e. The van der Waals surface area contributed by atoms with Gasteiger partial charge in [0.1, 0.15) is 0 Å². The summed E-state index contributed by atoms with van der Waals surface area (Å²) in [4.78, 5) is 16.9. The van der Waals surface area contributed by atoms with Crippen LogP contribution in [-0.2, 0) is 11.2 Å². The molecule has 0 aromatic carbocycles. The Hall–Kier alpha value is -1.43. The van der Waals surface area contributed by atoms with Crippen molar-refractivity contribution in [2.24, 2.45) is 0 Å². The molecule has 0 spiro atoms. The van der Waals surface area contributed by atoms with E-state index in [0.717, 1.165) is 6.54 Å². The Kier molecular flexibility index (Phi) is 4.91. The SMILES string of the molecule is Cc1noc(CCNCCC(=O)N(C)C)n1. The first-order valence-corrected chi connectivity index (χ1v) is 5.29. The summed E-state index contributed by atoms with van der Waals surface area (Å²) in [6.07, 6.45) is 1.20. The fourth-order valence-electron chi connectivity index (χ4n) is 1.18. The van der Waals surface area contributed by atoms with Gasteiger partial charge in [0.2, 0.25) is 11.8 Å². The molecule has 0 radical (unpaired) electrons. The third kappa shape index (κ3) is 4.39. The molecule has 16 heavy (non-hydrogen) atoms. The second kappa shape index (κ2) is 6.22. The van der Waals surface area contributed by atoms with Gasteiger partial charge in [-0.1, -0.05) is 5.16 Å². The van der Waals surface area contributed by atoms with Crippen molar-refractivity contribution in [3.8, 4) is 0 Å². The predicted octanol–water partition coefficient (Wildman–Crippen LogP) is -0.0116. The maximum atomic E-state index is 11.2. The average Bonchev–Trinajstić information content (AvgIpc) is 2.63. The molecule has 0 saturated carbocycles. The first kappa shape index (κ1) is 12.6. The summed E-state index contributed by atoms with van der Waals surface area (Å²) >= 11 is 0. The van der Waals surface area contributed by atoms with E-state index in [9.17, 15) is 4.79 Å². The molecular weight excluding hydrogens is 208 g/mol. The minimum Gasteiger partial charge on any atom is -0.349 e. The summed E-state index contributed by atoms with van der Waals surface area (Å²) in [6.45, 7) is 3.20. The van der Waals surface area contributed by atoms with Crippen LogP contribution in [0.25, 0.3) is 0 Å². The van der Waals surface area contributed by atoms with Crippen molar-refractivity contribution in [1.82, 2.24) is 20.4 Å². The van der Waals surface area contributed by atoms with Crippen LogP contribution in [-0.4, -0.2) is 48.1 Å². The van der Waals surface area contributed by atoms with Crippen LogP contribution in [0.3, 0.4) is 0 Å². The van der Waals surface area contributed by atoms with Crippen molar-refractivity contribution in [1.29, 1.82) is 0 Å². The molecule has 0 fully saturated rings. The maximum absolute atomic E-state index is 11.2. The van der Waals surface area contributed by atoms with Gasteiger partial charge in [0, 0.05) is 40.0 Å². The molecule has 6 nitrogen and oxygen atoms in total. The Labute approximate surface area is 95.0 Å². The van der Waals surface area contributed by atoms with E-state index in [1.807, 2.05) is 0 Å². The summed E-state index contributed by atoms with van der Waals surface area (Å²) in [5, 5.41) is 6.85. The van der Waals surface area contributed by atoms with Gasteiger partial charge in [-0.25, -0.2) is 0 Å². The quantitative estimate of drug-likeness (QED) is 0.691. The van der Waals surface area contributed by atoms with Gasteiger partial charge in [-0.05, 0) is 6.92 Å². The Morgan fingerprint density at radius 3 is 2.75 bits per heavy atom. The Morgan fingerprint density at radius 1 is 1.44 bits per heavy atom. The highest BCUT2D eigenvalue weighted by Crippen LogP contribution is 1.95. The molecule has 1 N–H and O–H groups in total. The molecule has 6 heteroatoms. The number of carbonyl (C=O) groups excluding carboxylic acids is 1. The Bertz CT molecular complexity index is 335. The topological polar surface area (TPSA) is 71.3 Å². The lowest BCUT2D eigenvalue weighted by Crippen LogP contribution is -2.27. The van der Waals surface area contributed by atoms with Gasteiger partial charge in [-0.15, -0.1) is 0 Å². The molecule has 1 aromatic rings. The first-order chi connectivity index (χ1) is 7.59. The van der Waals surface area contributed by atoms with Crippen molar-refractivity contribution in [3.63, 3.8) is 0 Å². The lowest BCUT2D eigenvalue weighted by molar-refractivity contribution is -0.128. The largest absolute Gasteiger partial charge is 0.349 e. The van der Waals surface area contributed by atoms with Crippen molar-refractivity contribution >= 4 is 5.91 Å². The molecular formula is C10H18N4O2. The summed E-state index contributed by atoms with van der Waals surface area (Å²) < 4.78 is 4.95. The van der Waals surface area contributed by atoms with E-state index in [2.05, 4.69) is 15.5 Å². The zero-order valence-electron chi connectivity index (χ0n) is 9.99. The first-order valence-electron chi connectivity index (χ1n) is 5.29. The second-order valence-corrected chi connectivity index (χ2v) is 3.77. The summed E-state index contributed by atoms with van der Waals surface area (Å²) in [6, 6.07) is 0. The van der Waals surface area contributed by atoms with Gasteiger partial charge in [0.25, 0.3) is 0 Å². The molecule has 0 aliphatic heterocycles. The average molecular weight is 226 g/mol. The fourth-order valence-corrected chi connectivity index (χ4v) is 1.18. The molecule has 0 saturated heterocycles. The highest BCUT2D eigenvalue weighted by molar-refractivity contribution is 5.75. The molecule has 0 aliphatic carbocycles. The third-order valence-electron chi connectivity index (χ3n) is 2.10. The molecule has 0 unspecified atom stereocenters. The summed E-state index contributed by atoms with van der Waals surface area (Å²) in [7, 11) is 3.51. The highest BCUT2D eigenvalue weighted by atomic mass is 16.5. The minimum atomic E-state index is 0.126. The van der Waals surface area contributed by atoms with E-state index in [1.54, 1.807) is 25.9 Å². The van der Waals surface area contributed by atoms with Crippen molar-refractivity contribution in [2.45, 2.75) is 19.8 Å². The van der Waals surface area contributed by atoms with E-state index in [-0.39, 0.29) is 5.91 Å². The number of aryl methyl sites for hydroxylation is 1. The molecule has 1 aromatic heterocycles. The summed E-state index contributed by atoms with van der Waals surface area (Å²) in [5.74, 6) is 1.41. The standard InChI is InChI=1S/C10H18N4O2/c1-8-12-9(16-13-8)4-6-11-7-5-10(15)14(2)3/h11H,4-7H2,1-3H3. The van der Waals surface area contributed by atoms with Gasteiger partial charge >= 0.3 is 0 Å².